The standard InChI is InChI=1S/C19H15N3O8/c1-28-18-10-13(22(26)27)4-8-16(18)20-19(23)17-9-7-15(30-17)11-29-14-5-2-12(3-6-14)21(24)25/h2-10H,11H2,1H3,(H,20,23). The molecule has 2 aromatic carbocycles. The van der Waals surface area contributed by atoms with Crippen LogP contribution in [0.4, 0.5) is 17.1 Å². The third-order valence-corrected chi connectivity index (χ3v) is 3.96. The fourth-order valence-electron chi connectivity index (χ4n) is 2.48. The minimum atomic E-state index is -0.580. The van der Waals surface area contributed by atoms with Crippen molar-refractivity contribution in [2.24, 2.45) is 0 Å². The molecule has 0 unspecified atom stereocenters. The van der Waals surface area contributed by atoms with Crippen molar-refractivity contribution in [3.63, 3.8) is 0 Å². The number of non-ortho nitro benzene ring substituents is 2. The van der Waals surface area contributed by atoms with E-state index in [-0.39, 0.29) is 35.2 Å². The lowest BCUT2D eigenvalue weighted by molar-refractivity contribution is -0.385. The number of nitrogens with zero attached hydrogens (tertiary/aromatic N) is 2. The molecule has 0 saturated carbocycles. The van der Waals surface area contributed by atoms with Crippen molar-refractivity contribution in [2.45, 2.75) is 6.61 Å². The van der Waals surface area contributed by atoms with Gasteiger partial charge in [-0.05, 0) is 30.3 Å². The van der Waals surface area contributed by atoms with E-state index in [1.165, 1.54) is 55.6 Å². The van der Waals surface area contributed by atoms with Crippen molar-refractivity contribution in [3.8, 4) is 11.5 Å². The molecule has 11 nitrogen and oxygen atoms in total. The van der Waals surface area contributed by atoms with Crippen molar-refractivity contribution in [1.82, 2.24) is 0 Å². The lowest BCUT2D eigenvalue weighted by Crippen LogP contribution is -2.12. The van der Waals surface area contributed by atoms with Gasteiger partial charge in [-0.15, -0.1) is 0 Å². The van der Waals surface area contributed by atoms with Gasteiger partial charge in [0.15, 0.2) is 5.76 Å². The molecule has 154 valence electrons. The SMILES string of the molecule is COc1cc([N+](=O)[O-])ccc1NC(=O)c1ccc(COc2ccc([N+](=O)[O-])cc2)o1. The number of hydrogen-bond donors (Lipinski definition) is 1. The van der Waals surface area contributed by atoms with Crippen molar-refractivity contribution in [3.05, 3.63) is 86.3 Å². The Balaban J connectivity index is 1.63. The van der Waals surface area contributed by atoms with Crippen LogP contribution in [0.3, 0.4) is 0 Å². The number of anilines is 1. The average molecular weight is 413 g/mol. The van der Waals surface area contributed by atoms with E-state index in [0.29, 0.717) is 11.5 Å². The first kappa shape index (κ1) is 20.3. The van der Waals surface area contributed by atoms with Crippen LogP contribution in [0.15, 0.2) is 59.0 Å². The van der Waals surface area contributed by atoms with Crippen LogP contribution >= 0.6 is 0 Å². The first-order chi connectivity index (χ1) is 14.4. The van der Waals surface area contributed by atoms with Crippen LogP contribution in [0.5, 0.6) is 11.5 Å². The maximum Gasteiger partial charge on any atom is 0.291 e. The topological polar surface area (TPSA) is 147 Å². The molecule has 3 aromatic rings. The van der Waals surface area contributed by atoms with Gasteiger partial charge in [-0.3, -0.25) is 25.0 Å². The first-order valence-electron chi connectivity index (χ1n) is 8.47. The molecular weight excluding hydrogens is 398 g/mol. The van der Waals surface area contributed by atoms with Gasteiger partial charge in [0.1, 0.15) is 23.9 Å². The molecule has 1 aromatic heterocycles. The molecule has 3 rings (SSSR count). The summed E-state index contributed by atoms with van der Waals surface area (Å²) in [5.74, 6) is 0.306. The zero-order chi connectivity index (χ0) is 21.7. The number of benzene rings is 2. The van der Waals surface area contributed by atoms with Gasteiger partial charge >= 0.3 is 0 Å². The van der Waals surface area contributed by atoms with E-state index in [2.05, 4.69) is 5.32 Å². The normalized spacial score (nSPS) is 10.3. The highest BCUT2D eigenvalue weighted by molar-refractivity contribution is 6.03. The van der Waals surface area contributed by atoms with Crippen LogP contribution in [0, 0.1) is 20.2 Å². The molecule has 11 heteroatoms. The van der Waals surface area contributed by atoms with Gasteiger partial charge in [-0.1, -0.05) is 0 Å². The van der Waals surface area contributed by atoms with Crippen molar-refractivity contribution >= 4 is 23.0 Å². The lowest BCUT2D eigenvalue weighted by atomic mass is 10.2. The third kappa shape index (κ3) is 4.70. The van der Waals surface area contributed by atoms with Gasteiger partial charge in [0.25, 0.3) is 17.3 Å². The van der Waals surface area contributed by atoms with Crippen LogP contribution < -0.4 is 14.8 Å². The molecular formula is C19H15N3O8. The molecule has 0 aliphatic heterocycles. The summed E-state index contributed by atoms with van der Waals surface area (Å²) in [5, 5.41) is 24.1. The molecule has 0 spiro atoms. The highest BCUT2D eigenvalue weighted by Gasteiger charge is 2.17. The molecule has 0 aliphatic carbocycles. The predicted molar refractivity (Wildman–Crippen MR) is 104 cm³/mol. The summed E-state index contributed by atoms with van der Waals surface area (Å²) in [6.45, 7) is 0.00590. The van der Waals surface area contributed by atoms with E-state index in [0.717, 1.165) is 0 Å². The maximum absolute atomic E-state index is 12.4. The molecule has 1 N–H and O–H groups in total. The Kier molecular flexibility index (Phi) is 5.92. The zero-order valence-electron chi connectivity index (χ0n) is 15.6. The molecule has 0 saturated heterocycles. The van der Waals surface area contributed by atoms with Gasteiger partial charge in [-0.25, -0.2) is 0 Å². The minimum Gasteiger partial charge on any atom is -0.494 e. The number of nitro benzene ring substituents is 2. The molecule has 0 bridgehead atoms. The van der Waals surface area contributed by atoms with Gasteiger partial charge in [0, 0.05) is 18.2 Å². The number of amides is 1. The molecule has 1 heterocycles. The van der Waals surface area contributed by atoms with E-state index >= 15 is 0 Å². The largest absolute Gasteiger partial charge is 0.494 e. The van der Waals surface area contributed by atoms with E-state index < -0.39 is 15.8 Å². The van der Waals surface area contributed by atoms with E-state index in [1.807, 2.05) is 0 Å². The summed E-state index contributed by atoms with van der Waals surface area (Å²) >= 11 is 0. The number of nitro groups is 2. The van der Waals surface area contributed by atoms with E-state index in [9.17, 15) is 25.0 Å². The van der Waals surface area contributed by atoms with Crippen LogP contribution in [-0.4, -0.2) is 22.9 Å². The number of methoxy groups -OCH3 is 1. The quantitative estimate of drug-likeness (QED) is 0.431. The highest BCUT2D eigenvalue weighted by Crippen LogP contribution is 2.29. The minimum absolute atomic E-state index is 0.00212. The number of ether oxygens (including phenoxy) is 2. The second-order valence-electron chi connectivity index (χ2n) is 5.90. The fourth-order valence-corrected chi connectivity index (χ4v) is 2.48. The maximum atomic E-state index is 12.4. The summed E-state index contributed by atoms with van der Waals surface area (Å²) in [6.07, 6.45) is 0. The number of carbonyl (C=O) groups is 1. The Hall–Kier alpha value is -4.41. The number of carbonyl (C=O) groups excluding carboxylic acids is 1. The Morgan fingerprint density at radius 1 is 1.00 bits per heavy atom. The summed E-state index contributed by atoms with van der Waals surface area (Å²) in [5.41, 5.74) is 0.0164. The first-order valence-corrected chi connectivity index (χ1v) is 8.47. The molecule has 30 heavy (non-hydrogen) atoms. The van der Waals surface area contributed by atoms with Crippen LogP contribution in [0.25, 0.3) is 0 Å². The summed E-state index contributed by atoms with van der Waals surface area (Å²) in [6, 6.07) is 12.3. The Morgan fingerprint density at radius 2 is 1.67 bits per heavy atom. The van der Waals surface area contributed by atoms with E-state index in [1.54, 1.807) is 6.07 Å². The molecule has 0 fully saturated rings. The summed E-state index contributed by atoms with van der Waals surface area (Å²) in [7, 11) is 1.33. The fraction of sp³-hybridized carbons (Fsp3) is 0.105. The summed E-state index contributed by atoms with van der Waals surface area (Å²) in [4.78, 5) is 32.8. The molecule has 1 amide bonds. The van der Waals surface area contributed by atoms with Crippen LogP contribution in [0.1, 0.15) is 16.3 Å². The molecule has 0 radical (unpaired) electrons. The molecule has 0 atom stereocenters. The van der Waals surface area contributed by atoms with E-state index in [4.69, 9.17) is 13.9 Å². The second-order valence-corrected chi connectivity index (χ2v) is 5.90. The number of rotatable bonds is 8. The highest BCUT2D eigenvalue weighted by atomic mass is 16.6. The van der Waals surface area contributed by atoms with Crippen LogP contribution in [0.2, 0.25) is 0 Å². The predicted octanol–water partition coefficient (Wildman–Crippen LogP) is 3.94. The number of hydrogen-bond acceptors (Lipinski definition) is 8. The molecule has 0 aliphatic rings. The van der Waals surface area contributed by atoms with Crippen molar-refractivity contribution < 1.29 is 28.5 Å². The Bertz CT molecular complexity index is 1090. The van der Waals surface area contributed by atoms with Gasteiger partial charge < -0.3 is 19.2 Å². The van der Waals surface area contributed by atoms with Crippen LogP contribution in [-0.2, 0) is 6.61 Å². The Labute approximate surface area is 169 Å². The lowest BCUT2D eigenvalue weighted by Gasteiger charge is -2.09. The summed E-state index contributed by atoms with van der Waals surface area (Å²) < 4.78 is 16.0. The van der Waals surface area contributed by atoms with Crippen molar-refractivity contribution in [2.75, 3.05) is 12.4 Å². The third-order valence-electron chi connectivity index (χ3n) is 3.96. The second kappa shape index (κ2) is 8.73. The van der Waals surface area contributed by atoms with Gasteiger partial charge in [-0.2, -0.15) is 0 Å². The monoisotopic (exact) mass is 413 g/mol. The average Bonchev–Trinajstić information content (AvgIpc) is 3.22. The zero-order valence-corrected chi connectivity index (χ0v) is 15.6. The number of nitrogens with one attached hydrogen (secondary N) is 1. The number of furan rings is 1. The Morgan fingerprint density at radius 3 is 2.30 bits per heavy atom. The van der Waals surface area contributed by atoms with Gasteiger partial charge in [0.05, 0.1) is 28.7 Å². The smallest absolute Gasteiger partial charge is 0.291 e. The van der Waals surface area contributed by atoms with Gasteiger partial charge in [0.2, 0.25) is 0 Å². The van der Waals surface area contributed by atoms with Crippen molar-refractivity contribution in [1.29, 1.82) is 0 Å².